The molecule has 1 saturated heterocycles. The van der Waals surface area contributed by atoms with Gasteiger partial charge in [-0.15, -0.1) is 0 Å². The quantitative estimate of drug-likeness (QED) is 0.660. The molecule has 108 valence electrons. The molecule has 7 heteroatoms. The average molecular weight is 271 g/mol. The van der Waals surface area contributed by atoms with Gasteiger partial charge in [-0.3, -0.25) is 4.79 Å². The number of amides is 3. The predicted octanol–water partition coefficient (Wildman–Crippen LogP) is 0.145. The maximum Gasteiger partial charge on any atom is 0.326 e. The minimum absolute atomic E-state index is 0.187. The van der Waals surface area contributed by atoms with Gasteiger partial charge in [-0.05, 0) is 25.2 Å². The molecule has 19 heavy (non-hydrogen) atoms. The number of aliphatic carboxylic acids is 1. The van der Waals surface area contributed by atoms with Crippen molar-refractivity contribution in [3.63, 3.8) is 0 Å². The molecule has 0 aromatic carbocycles. The summed E-state index contributed by atoms with van der Waals surface area (Å²) in [6, 6.07) is -2.32. The summed E-state index contributed by atoms with van der Waals surface area (Å²) < 4.78 is 0. The molecule has 0 aromatic rings. The van der Waals surface area contributed by atoms with E-state index in [0.717, 1.165) is 0 Å². The molecule has 1 aliphatic heterocycles. The van der Waals surface area contributed by atoms with Crippen LogP contribution in [0, 0.1) is 5.92 Å². The Balaban J connectivity index is 2.79. The zero-order valence-electron chi connectivity index (χ0n) is 11.3. The van der Waals surface area contributed by atoms with E-state index in [4.69, 9.17) is 10.8 Å². The third-order valence-electron chi connectivity index (χ3n) is 3.14. The number of primary amides is 1. The summed E-state index contributed by atoms with van der Waals surface area (Å²) in [4.78, 5) is 35.7. The van der Waals surface area contributed by atoms with Crippen molar-refractivity contribution in [2.24, 2.45) is 11.7 Å². The molecular weight excluding hydrogens is 250 g/mol. The van der Waals surface area contributed by atoms with Gasteiger partial charge in [-0.2, -0.15) is 0 Å². The highest BCUT2D eigenvalue weighted by Gasteiger charge is 2.37. The Bertz CT molecular complexity index is 370. The van der Waals surface area contributed by atoms with Gasteiger partial charge in [0.2, 0.25) is 5.91 Å². The van der Waals surface area contributed by atoms with Crippen LogP contribution in [0.15, 0.2) is 0 Å². The Labute approximate surface area is 112 Å². The van der Waals surface area contributed by atoms with Gasteiger partial charge in [0.05, 0.1) is 0 Å². The molecule has 2 atom stereocenters. The Morgan fingerprint density at radius 1 is 1.42 bits per heavy atom. The van der Waals surface area contributed by atoms with Crippen LogP contribution < -0.4 is 11.1 Å². The van der Waals surface area contributed by atoms with Crippen molar-refractivity contribution in [1.29, 1.82) is 0 Å². The second kappa shape index (κ2) is 6.40. The first-order valence-electron chi connectivity index (χ1n) is 6.42. The second-order valence-corrected chi connectivity index (χ2v) is 5.22. The standard InChI is InChI=1S/C12H21N3O4/c1-7(2)6-8(14-12(13)19)10(16)15-5-3-4-9(15)11(17)18/h7-9H,3-6H2,1-2H3,(H,17,18)(H3,13,14,19)/t8?,9-/m0/s1. The highest BCUT2D eigenvalue weighted by molar-refractivity contribution is 5.90. The first kappa shape index (κ1) is 15.3. The number of urea groups is 1. The van der Waals surface area contributed by atoms with Crippen LogP contribution in [0.4, 0.5) is 4.79 Å². The number of carboxylic acids is 1. The fraction of sp³-hybridized carbons (Fsp3) is 0.750. The van der Waals surface area contributed by atoms with Crippen molar-refractivity contribution in [2.75, 3.05) is 6.54 Å². The van der Waals surface area contributed by atoms with Crippen LogP contribution in [0.1, 0.15) is 33.1 Å². The normalized spacial score (nSPS) is 20.4. The number of carbonyl (C=O) groups is 3. The van der Waals surface area contributed by atoms with Crippen molar-refractivity contribution in [3.8, 4) is 0 Å². The molecular formula is C12H21N3O4. The fourth-order valence-corrected chi connectivity index (χ4v) is 2.35. The maximum absolute atomic E-state index is 12.3. The van der Waals surface area contributed by atoms with Gasteiger partial charge >= 0.3 is 12.0 Å². The molecule has 1 heterocycles. The van der Waals surface area contributed by atoms with Crippen LogP contribution in [-0.4, -0.2) is 46.5 Å². The van der Waals surface area contributed by atoms with Crippen LogP contribution >= 0.6 is 0 Å². The molecule has 3 amide bonds. The number of nitrogens with zero attached hydrogens (tertiary/aromatic N) is 1. The SMILES string of the molecule is CC(C)CC(NC(N)=O)C(=O)N1CCC[C@H]1C(=O)O. The fourth-order valence-electron chi connectivity index (χ4n) is 2.35. The van der Waals surface area contributed by atoms with Gasteiger partial charge in [0.25, 0.3) is 0 Å². The lowest BCUT2D eigenvalue weighted by Gasteiger charge is -2.27. The number of rotatable bonds is 5. The van der Waals surface area contributed by atoms with E-state index in [1.54, 1.807) is 0 Å². The minimum atomic E-state index is -1.01. The summed E-state index contributed by atoms with van der Waals surface area (Å²) in [6.07, 6.45) is 1.55. The number of nitrogens with two attached hydrogens (primary N) is 1. The lowest BCUT2D eigenvalue weighted by Crippen LogP contribution is -2.53. The highest BCUT2D eigenvalue weighted by Crippen LogP contribution is 2.20. The molecule has 4 N–H and O–H groups in total. The largest absolute Gasteiger partial charge is 0.480 e. The smallest absolute Gasteiger partial charge is 0.326 e. The van der Waals surface area contributed by atoms with Gasteiger partial charge in [0.15, 0.2) is 0 Å². The van der Waals surface area contributed by atoms with Gasteiger partial charge in [-0.1, -0.05) is 13.8 Å². The first-order valence-corrected chi connectivity index (χ1v) is 6.42. The van der Waals surface area contributed by atoms with Crippen LogP contribution in [0.3, 0.4) is 0 Å². The van der Waals surface area contributed by atoms with E-state index in [-0.39, 0.29) is 11.8 Å². The van der Waals surface area contributed by atoms with Crippen LogP contribution in [-0.2, 0) is 9.59 Å². The Hall–Kier alpha value is -1.79. The van der Waals surface area contributed by atoms with E-state index in [0.29, 0.717) is 25.8 Å². The first-order chi connectivity index (χ1) is 8.82. The molecule has 7 nitrogen and oxygen atoms in total. The molecule has 0 spiro atoms. The van der Waals surface area contributed by atoms with Crippen molar-refractivity contribution >= 4 is 17.9 Å². The number of hydrogen-bond donors (Lipinski definition) is 3. The third-order valence-corrected chi connectivity index (χ3v) is 3.14. The molecule has 0 aliphatic carbocycles. The Morgan fingerprint density at radius 3 is 2.53 bits per heavy atom. The third kappa shape index (κ3) is 4.11. The van der Waals surface area contributed by atoms with E-state index >= 15 is 0 Å². The molecule has 1 rings (SSSR count). The molecule has 0 saturated carbocycles. The molecule has 1 unspecified atom stereocenters. The minimum Gasteiger partial charge on any atom is -0.480 e. The zero-order valence-corrected chi connectivity index (χ0v) is 11.3. The molecule has 1 fully saturated rings. The van der Waals surface area contributed by atoms with Gasteiger partial charge in [-0.25, -0.2) is 9.59 Å². The topological polar surface area (TPSA) is 113 Å². The van der Waals surface area contributed by atoms with Crippen molar-refractivity contribution < 1.29 is 19.5 Å². The number of hydrogen-bond acceptors (Lipinski definition) is 3. The molecule has 0 radical (unpaired) electrons. The van der Waals surface area contributed by atoms with Crippen molar-refractivity contribution in [3.05, 3.63) is 0 Å². The van der Waals surface area contributed by atoms with Gasteiger partial charge < -0.3 is 21.1 Å². The summed E-state index contributed by atoms with van der Waals surface area (Å²) in [5, 5.41) is 11.5. The van der Waals surface area contributed by atoms with E-state index in [2.05, 4.69) is 5.32 Å². The van der Waals surface area contributed by atoms with Gasteiger partial charge in [0, 0.05) is 6.54 Å². The number of likely N-dealkylation sites (tertiary alicyclic amines) is 1. The average Bonchev–Trinajstić information content (AvgIpc) is 2.74. The van der Waals surface area contributed by atoms with Crippen molar-refractivity contribution in [2.45, 2.75) is 45.2 Å². The predicted molar refractivity (Wildman–Crippen MR) is 68.3 cm³/mol. The molecule has 0 aromatic heterocycles. The maximum atomic E-state index is 12.3. The monoisotopic (exact) mass is 271 g/mol. The van der Waals surface area contributed by atoms with E-state index in [1.807, 2.05) is 13.8 Å². The summed E-state index contributed by atoms with van der Waals surface area (Å²) in [5.74, 6) is -1.18. The number of carbonyl (C=O) groups excluding carboxylic acids is 2. The highest BCUT2D eigenvalue weighted by atomic mass is 16.4. The number of nitrogens with one attached hydrogen (secondary N) is 1. The van der Waals surface area contributed by atoms with Crippen LogP contribution in [0.2, 0.25) is 0 Å². The second-order valence-electron chi connectivity index (χ2n) is 5.22. The Kier molecular flexibility index (Phi) is 5.14. The zero-order chi connectivity index (χ0) is 14.6. The van der Waals surface area contributed by atoms with E-state index in [1.165, 1.54) is 4.90 Å². The Morgan fingerprint density at radius 2 is 2.05 bits per heavy atom. The number of carboxylic acid groups (broad SMARTS) is 1. The van der Waals surface area contributed by atoms with Crippen LogP contribution in [0.25, 0.3) is 0 Å². The molecule has 0 bridgehead atoms. The summed E-state index contributed by atoms with van der Waals surface area (Å²) in [6.45, 7) is 4.24. The molecule has 1 aliphatic rings. The summed E-state index contributed by atoms with van der Waals surface area (Å²) in [5.41, 5.74) is 5.06. The summed E-state index contributed by atoms with van der Waals surface area (Å²) >= 11 is 0. The lowest BCUT2D eigenvalue weighted by molar-refractivity contribution is -0.149. The van der Waals surface area contributed by atoms with E-state index in [9.17, 15) is 14.4 Å². The lowest BCUT2D eigenvalue weighted by atomic mass is 10.0. The van der Waals surface area contributed by atoms with Crippen molar-refractivity contribution in [1.82, 2.24) is 10.2 Å². The van der Waals surface area contributed by atoms with E-state index < -0.39 is 24.1 Å². The van der Waals surface area contributed by atoms with Crippen LogP contribution in [0.5, 0.6) is 0 Å². The summed E-state index contributed by atoms with van der Waals surface area (Å²) in [7, 11) is 0. The van der Waals surface area contributed by atoms with Gasteiger partial charge in [0.1, 0.15) is 12.1 Å².